The largest absolute Gasteiger partial charge is 0.488 e. The van der Waals surface area contributed by atoms with E-state index in [0.717, 1.165) is 29.1 Å². The smallest absolute Gasteiger partial charge is 0.333 e. The lowest BCUT2D eigenvalue weighted by molar-refractivity contribution is -0.134. The van der Waals surface area contributed by atoms with E-state index in [0.29, 0.717) is 27.4 Å². The van der Waals surface area contributed by atoms with Crippen LogP contribution in [0.25, 0.3) is 11.1 Å². The molecule has 0 spiro atoms. The molecule has 1 fully saturated rings. The summed E-state index contributed by atoms with van der Waals surface area (Å²) < 4.78 is 89.1. The summed E-state index contributed by atoms with van der Waals surface area (Å²) >= 11 is 6.45. The van der Waals surface area contributed by atoms with Gasteiger partial charge in [-0.05, 0) is 52.8 Å². The summed E-state index contributed by atoms with van der Waals surface area (Å²) in [6.07, 6.45) is -0.439. The van der Waals surface area contributed by atoms with Crippen LogP contribution in [0.4, 0.5) is 32.0 Å². The zero-order valence-corrected chi connectivity index (χ0v) is 29.7. The van der Waals surface area contributed by atoms with E-state index in [-0.39, 0.29) is 34.4 Å². The third-order valence-corrected chi connectivity index (χ3v) is 8.75. The van der Waals surface area contributed by atoms with Crippen LogP contribution < -0.4 is 15.1 Å². The predicted molar refractivity (Wildman–Crippen MR) is 190 cm³/mol. The minimum atomic E-state index is -3.08. The standard InChI is InChI=1S/C36H35ClF6N8O2/c1-35(2,3)19-36(23-9-6-20(7-10-23)22-16-47-49(17-22)33(42)43)32(52)50(34(44)48-36)28(18-53-29-13-11-24(38)15-26(29)39)21-8-12-25(37)27(14-21)51(46-5)31(45-4)30(40)41/h6-17,28,30,33H,5,18-19H2,1-4H3,(H2,44,48)/b45-31-/t28-,36-/m1/s1. The molecule has 280 valence electrons. The van der Waals surface area contributed by atoms with Gasteiger partial charge in [0.2, 0.25) is 0 Å². The van der Waals surface area contributed by atoms with Crippen molar-refractivity contribution < 1.29 is 35.9 Å². The number of carbonyl (C=O) groups excluding carboxylic acids is 1. The number of hydrazone groups is 1. The Morgan fingerprint density at radius 2 is 1.77 bits per heavy atom. The number of halogens is 7. The number of nitrogens with zero attached hydrogens (tertiary/aromatic N) is 6. The van der Waals surface area contributed by atoms with E-state index in [1.54, 1.807) is 24.3 Å². The third-order valence-electron chi connectivity index (χ3n) is 8.43. The van der Waals surface area contributed by atoms with Crippen LogP contribution in [-0.2, 0) is 10.3 Å². The molecule has 5 rings (SSSR count). The van der Waals surface area contributed by atoms with E-state index < -0.39 is 60.0 Å². The van der Waals surface area contributed by atoms with Crippen molar-refractivity contribution in [3.63, 3.8) is 0 Å². The quantitative estimate of drug-likeness (QED) is 0.0652. The molecular weight excluding hydrogens is 726 g/mol. The number of aliphatic imine (C=N–C) groups is 1. The molecule has 0 unspecified atom stereocenters. The summed E-state index contributed by atoms with van der Waals surface area (Å²) in [5.74, 6) is -3.97. The zero-order valence-electron chi connectivity index (χ0n) is 28.9. The molecule has 2 atom stereocenters. The Labute approximate surface area is 306 Å². The molecule has 4 aromatic rings. The van der Waals surface area contributed by atoms with Crippen LogP contribution in [0.1, 0.15) is 50.9 Å². The van der Waals surface area contributed by atoms with Gasteiger partial charge >= 0.3 is 6.55 Å². The highest BCUT2D eigenvalue weighted by Gasteiger charge is 2.54. The number of hydrogen-bond donors (Lipinski definition) is 2. The lowest BCUT2D eigenvalue weighted by Crippen LogP contribution is -2.47. The molecule has 0 aliphatic carbocycles. The van der Waals surface area contributed by atoms with Crippen LogP contribution in [0.3, 0.4) is 0 Å². The number of hydrogen-bond acceptors (Lipinski definition) is 6. The van der Waals surface area contributed by atoms with Crippen LogP contribution in [0.2, 0.25) is 5.02 Å². The van der Waals surface area contributed by atoms with Crippen LogP contribution in [0.15, 0.2) is 83.2 Å². The fraction of sp³-hybridized carbons (Fsp3) is 0.306. The Morgan fingerprint density at radius 1 is 1.08 bits per heavy atom. The number of nitrogens with one attached hydrogen (secondary N) is 2. The number of ether oxygens (including phenoxy) is 1. The summed E-state index contributed by atoms with van der Waals surface area (Å²) in [6.45, 7) is 5.76. The van der Waals surface area contributed by atoms with Crippen LogP contribution in [0, 0.1) is 22.5 Å². The molecule has 0 bridgehead atoms. The Hall–Kier alpha value is -5.38. The average molecular weight is 761 g/mol. The molecule has 53 heavy (non-hydrogen) atoms. The normalized spacial score (nSPS) is 17.1. The number of alkyl halides is 4. The molecule has 1 aliphatic heterocycles. The first-order valence-corrected chi connectivity index (χ1v) is 16.4. The topological polar surface area (TPSA) is 111 Å². The van der Waals surface area contributed by atoms with E-state index in [9.17, 15) is 31.1 Å². The van der Waals surface area contributed by atoms with Crippen molar-refractivity contribution in [3.05, 3.63) is 101 Å². The Kier molecular flexibility index (Phi) is 11.2. The Balaban J connectivity index is 1.62. The monoisotopic (exact) mass is 760 g/mol. The average Bonchev–Trinajstić information content (AvgIpc) is 3.68. The number of carbonyl (C=O) groups is 1. The lowest BCUT2D eigenvalue weighted by atomic mass is 9.75. The Morgan fingerprint density at radius 3 is 2.34 bits per heavy atom. The van der Waals surface area contributed by atoms with E-state index in [2.05, 4.69) is 27.2 Å². The second-order valence-electron chi connectivity index (χ2n) is 13.3. The van der Waals surface area contributed by atoms with Crippen molar-refractivity contribution >= 4 is 41.7 Å². The van der Waals surface area contributed by atoms with Crippen molar-refractivity contribution in [2.75, 3.05) is 18.7 Å². The number of guanidine groups is 1. The van der Waals surface area contributed by atoms with Gasteiger partial charge in [-0.1, -0.05) is 62.7 Å². The van der Waals surface area contributed by atoms with Crippen molar-refractivity contribution in [2.45, 2.75) is 51.7 Å². The molecule has 1 aromatic heterocycles. The van der Waals surface area contributed by atoms with E-state index in [4.69, 9.17) is 21.7 Å². The molecular formula is C36H35ClF6N8O2. The van der Waals surface area contributed by atoms with Gasteiger partial charge in [-0.25, -0.2) is 27.3 Å². The van der Waals surface area contributed by atoms with Crippen molar-refractivity contribution in [2.24, 2.45) is 15.5 Å². The fourth-order valence-corrected chi connectivity index (χ4v) is 6.41. The maximum atomic E-state index is 14.9. The minimum Gasteiger partial charge on any atom is -0.488 e. The van der Waals surface area contributed by atoms with Gasteiger partial charge in [0, 0.05) is 31.6 Å². The maximum absolute atomic E-state index is 14.9. The highest BCUT2D eigenvalue weighted by atomic mass is 35.5. The SMILES string of the molecule is C=NN(/C(=N\C)C(F)F)c1cc([C@@H](COc2ccc(F)cc2F)N2C(=N)N[C@](CC(C)(C)C)(c3ccc(-c4cnn(C(F)F)c4)cc3)C2=O)ccc1Cl. The molecule has 2 heterocycles. The zero-order chi connectivity index (χ0) is 38.8. The van der Waals surface area contributed by atoms with E-state index in [1.807, 2.05) is 20.8 Å². The highest BCUT2D eigenvalue weighted by molar-refractivity contribution is 6.34. The van der Waals surface area contributed by atoms with Gasteiger partial charge in [0.15, 0.2) is 23.4 Å². The molecule has 1 saturated heterocycles. The minimum absolute atomic E-state index is 0.0330. The number of benzene rings is 3. The second-order valence-corrected chi connectivity index (χ2v) is 13.7. The van der Waals surface area contributed by atoms with Gasteiger partial charge in [-0.15, -0.1) is 0 Å². The summed E-state index contributed by atoms with van der Waals surface area (Å²) in [5.41, 5.74) is -0.547. The lowest BCUT2D eigenvalue weighted by Gasteiger charge is -2.35. The van der Waals surface area contributed by atoms with Gasteiger partial charge < -0.3 is 10.1 Å². The molecule has 1 aliphatic rings. The van der Waals surface area contributed by atoms with Crippen molar-refractivity contribution in [1.29, 1.82) is 5.41 Å². The maximum Gasteiger partial charge on any atom is 0.333 e. The number of amides is 1. The third kappa shape index (κ3) is 8.01. The first-order valence-electron chi connectivity index (χ1n) is 16.0. The summed E-state index contributed by atoms with van der Waals surface area (Å²) in [7, 11) is 1.14. The molecule has 10 nitrogen and oxygen atoms in total. The Bertz CT molecular complexity index is 2030. The number of anilines is 1. The highest BCUT2D eigenvalue weighted by Crippen LogP contribution is 2.43. The van der Waals surface area contributed by atoms with Crippen LogP contribution >= 0.6 is 11.6 Å². The van der Waals surface area contributed by atoms with E-state index in [1.165, 1.54) is 30.6 Å². The van der Waals surface area contributed by atoms with Crippen LogP contribution in [-0.4, -0.2) is 59.2 Å². The van der Waals surface area contributed by atoms with Crippen LogP contribution in [0.5, 0.6) is 5.75 Å². The second kappa shape index (κ2) is 15.3. The fourth-order valence-electron chi connectivity index (χ4n) is 6.21. The first-order chi connectivity index (χ1) is 25.0. The van der Waals surface area contributed by atoms with Gasteiger partial charge in [0.25, 0.3) is 12.3 Å². The first kappa shape index (κ1) is 38.8. The van der Waals surface area contributed by atoms with Crippen molar-refractivity contribution in [3.8, 4) is 16.9 Å². The number of amidine groups is 1. The molecule has 0 radical (unpaired) electrons. The van der Waals surface area contributed by atoms with Gasteiger partial charge in [-0.2, -0.15) is 19.0 Å². The summed E-state index contributed by atoms with van der Waals surface area (Å²) in [4.78, 5) is 19.7. The number of aromatic nitrogens is 2. The van der Waals surface area contributed by atoms with E-state index >= 15 is 0 Å². The summed E-state index contributed by atoms with van der Waals surface area (Å²) in [6, 6.07) is 12.2. The van der Waals surface area contributed by atoms with Gasteiger partial charge in [-0.3, -0.25) is 20.1 Å². The molecule has 1 amide bonds. The van der Waals surface area contributed by atoms with Crippen molar-refractivity contribution in [1.82, 2.24) is 20.0 Å². The predicted octanol–water partition coefficient (Wildman–Crippen LogP) is 8.41. The van der Waals surface area contributed by atoms with Gasteiger partial charge in [0.05, 0.1) is 22.9 Å². The summed E-state index contributed by atoms with van der Waals surface area (Å²) in [5, 5.41) is 20.3. The molecule has 2 N–H and O–H groups in total. The molecule has 3 aromatic carbocycles. The molecule has 0 saturated carbocycles. The number of rotatable bonds is 12. The van der Waals surface area contributed by atoms with Gasteiger partial charge in [0.1, 0.15) is 18.0 Å². The molecule has 17 heteroatoms.